The van der Waals surface area contributed by atoms with Gasteiger partial charge in [0.05, 0.1) is 17.6 Å². The molecule has 2 saturated heterocycles. The highest BCUT2D eigenvalue weighted by Gasteiger charge is 2.61. The second-order valence-corrected chi connectivity index (χ2v) is 8.78. The van der Waals surface area contributed by atoms with Gasteiger partial charge in [0.2, 0.25) is 11.8 Å². The number of imide groups is 1. The Balaban J connectivity index is 1.72. The van der Waals surface area contributed by atoms with Crippen molar-refractivity contribution in [3.05, 3.63) is 59.7 Å². The van der Waals surface area contributed by atoms with Crippen LogP contribution >= 0.6 is 0 Å². The Kier molecular flexibility index (Phi) is 6.11. The zero-order valence-corrected chi connectivity index (χ0v) is 18.6. The number of rotatable bonds is 7. The third kappa shape index (κ3) is 3.91. The number of carbonyl (C=O) groups is 4. The highest BCUT2D eigenvalue weighted by Crippen LogP contribution is 2.41. The molecule has 0 saturated carbocycles. The summed E-state index contributed by atoms with van der Waals surface area (Å²) >= 11 is 0. The number of carboxylic acid groups (broad SMARTS) is 1. The SMILES string of the molecule is CC(C)C(C(N)=O)N1OC2C(=O)N(c3ccc(C(=O)O)c(O)c3)C(=O)C2C1Cc1ccccc1. The molecule has 34 heavy (non-hydrogen) atoms. The van der Waals surface area contributed by atoms with Crippen LogP contribution in [0.4, 0.5) is 5.69 Å². The molecule has 0 aromatic heterocycles. The number of aromatic hydroxyl groups is 1. The number of nitrogens with zero attached hydrogens (tertiary/aromatic N) is 2. The second kappa shape index (κ2) is 8.88. The summed E-state index contributed by atoms with van der Waals surface area (Å²) in [6, 6.07) is 11.3. The fraction of sp³-hybridized carbons (Fsp3) is 0.333. The molecular weight excluding hydrogens is 442 g/mol. The topological polar surface area (TPSA) is 150 Å². The normalized spacial score (nSPS) is 23.4. The Bertz CT molecular complexity index is 1150. The van der Waals surface area contributed by atoms with E-state index in [1.807, 2.05) is 30.3 Å². The summed E-state index contributed by atoms with van der Waals surface area (Å²) in [7, 11) is 0. The van der Waals surface area contributed by atoms with Crippen LogP contribution in [0.25, 0.3) is 0 Å². The molecule has 4 unspecified atom stereocenters. The summed E-state index contributed by atoms with van der Waals surface area (Å²) in [5, 5.41) is 20.6. The van der Waals surface area contributed by atoms with Gasteiger partial charge in [-0.05, 0) is 30.0 Å². The van der Waals surface area contributed by atoms with Crippen LogP contribution in [0.5, 0.6) is 5.75 Å². The number of anilines is 1. The van der Waals surface area contributed by atoms with Gasteiger partial charge < -0.3 is 15.9 Å². The molecule has 2 fully saturated rings. The molecule has 0 aliphatic carbocycles. The Morgan fingerprint density at radius 1 is 1.09 bits per heavy atom. The van der Waals surface area contributed by atoms with Gasteiger partial charge in [0, 0.05) is 6.07 Å². The van der Waals surface area contributed by atoms with Crippen LogP contribution < -0.4 is 10.6 Å². The summed E-state index contributed by atoms with van der Waals surface area (Å²) in [5.41, 5.74) is 6.22. The van der Waals surface area contributed by atoms with E-state index in [4.69, 9.17) is 15.7 Å². The molecule has 178 valence electrons. The Morgan fingerprint density at radius 2 is 1.76 bits per heavy atom. The van der Waals surface area contributed by atoms with Gasteiger partial charge in [-0.3, -0.25) is 19.2 Å². The van der Waals surface area contributed by atoms with Crippen molar-refractivity contribution < 1.29 is 34.2 Å². The quantitative estimate of drug-likeness (QED) is 0.516. The van der Waals surface area contributed by atoms with Crippen LogP contribution in [0.3, 0.4) is 0 Å². The van der Waals surface area contributed by atoms with Gasteiger partial charge in [-0.2, -0.15) is 5.06 Å². The number of amides is 3. The highest BCUT2D eigenvalue weighted by molar-refractivity contribution is 6.23. The highest BCUT2D eigenvalue weighted by atomic mass is 16.7. The van der Waals surface area contributed by atoms with Crippen LogP contribution in [-0.4, -0.2) is 57.2 Å². The number of hydrogen-bond donors (Lipinski definition) is 3. The number of benzene rings is 2. The van der Waals surface area contributed by atoms with Crippen molar-refractivity contribution >= 4 is 29.4 Å². The minimum atomic E-state index is -1.34. The predicted molar refractivity (Wildman–Crippen MR) is 120 cm³/mol. The van der Waals surface area contributed by atoms with Crippen molar-refractivity contribution in [2.24, 2.45) is 17.6 Å². The summed E-state index contributed by atoms with van der Waals surface area (Å²) in [6.45, 7) is 3.60. The third-order valence-electron chi connectivity index (χ3n) is 6.23. The van der Waals surface area contributed by atoms with Gasteiger partial charge in [-0.1, -0.05) is 44.2 Å². The second-order valence-electron chi connectivity index (χ2n) is 8.78. The molecule has 2 aromatic carbocycles. The first-order valence-electron chi connectivity index (χ1n) is 10.8. The van der Waals surface area contributed by atoms with Crippen LogP contribution in [-0.2, 0) is 25.6 Å². The van der Waals surface area contributed by atoms with Crippen molar-refractivity contribution in [1.29, 1.82) is 0 Å². The third-order valence-corrected chi connectivity index (χ3v) is 6.23. The molecule has 2 aromatic rings. The molecule has 0 bridgehead atoms. The monoisotopic (exact) mass is 467 g/mol. The molecule has 2 aliphatic rings. The van der Waals surface area contributed by atoms with Crippen LogP contribution in [0.2, 0.25) is 0 Å². The Morgan fingerprint density at radius 3 is 2.32 bits per heavy atom. The Hall–Kier alpha value is -3.76. The first kappa shape index (κ1) is 23.4. The predicted octanol–water partition coefficient (Wildman–Crippen LogP) is 1.32. The summed E-state index contributed by atoms with van der Waals surface area (Å²) in [5.74, 6) is -4.92. The molecule has 0 radical (unpaired) electrons. The van der Waals surface area contributed by atoms with E-state index in [0.29, 0.717) is 6.42 Å². The van der Waals surface area contributed by atoms with Gasteiger partial charge >= 0.3 is 5.97 Å². The summed E-state index contributed by atoms with van der Waals surface area (Å²) < 4.78 is 0. The first-order chi connectivity index (χ1) is 16.1. The van der Waals surface area contributed by atoms with E-state index in [1.54, 1.807) is 13.8 Å². The van der Waals surface area contributed by atoms with Crippen molar-refractivity contribution in [3.8, 4) is 5.75 Å². The number of fused-ring (bicyclic) bond motifs is 1. The largest absolute Gasteiger partial charge is 0.507 e. The van der Waals surface area contributed by atoms with E-state index in [2.05, 4.69) is 0 Å². The average Bonchev–Trinajstić information content (AvgIpc) is 3.23. The van der Waals surface area contributed by atoms with E-state index in [1.165, 1.54) is 11.1 Å². The smallest absolute Gasteiger partial charge is 0.339 e. The number of aromatic carboxylic acids is 1. The molecule has 10 nitrogen and oxygen atoms in total. The molecule has 2 heterocycles. The fourth-order valence-corrected chi connectivity index (χ4v) is 4.70. The number of hydrogen-bond acceptors (Lipinski definition) is 7. The van der Waals surface area contributed by atoms with E-state index < -0.39 is 53.5 Å². The number of nitrogens with two attached hydrogens (primary N) is 1. The van der Waals surface area contributed by atoms with E-state index >= 15 is 0 Å². The lowest BCUT2D eigenvalue weighted by Gasteiger charge is -2.33. The lowest BCUT2D eigenvalue weighted by molar-refractivity contribution is -0.199. The maximum Gasteiger partial charge on any atom is 0.339 e. The van der Waals surface area contributed by atoms with Crippen molar-refractivity contribution in [1.82, 2.24) is 5.06 Å². The van der Waals surface area contributed by atoms with Crippen molar-refractivity contribution in [3.63, 3.8) is 0 Å². The van der Waals surface area contributed by atoms with Crippen molar-refractivity contribution in [2.75, 3.05) is 4.90 Å². The molecule has 2 aliphatic heterocycles. The van der Waals surface area contributed by atoms with E-state index in [9.17, 15) is 24.3 Å². The number of phenols is 1. The number of carbonyl (C=O) groups excluding carboxylic acids is 3. The van der Waals surface area contributed by atoms with E-state index in [0.717, 1.165) is 22.6 Å². The van der Waals surface area contributed by atoms with E-state index in [-0.39, 0.29) is 17.2 Å². The molecule has 3 amide bonds. The maximum atomic E-state index is 13.5. The molecule has 4 atom stereocenters. The van der Waals surface area contributed by atoms with Gasteiger partial charge in [0.15, 0.2) is 6.10 Å². The molecule has 0 spiro atoms. The summed E-state index contributed by atoms with van der Waals surface area (Å²) in [6.07, 6.45) is -0.850. The minimum absolute atomic E-state index is 0.0378. The van der Waals surface area contributed by atoms with Crippen LogP contribution in [0, 0.1) is 11.8 Å². The van der Waals surface area contributed by atoms with Gasteiger partial charge in [-0.15, -0.1) is 0 Å². The summed E-state index contributed by atoms with van der Waals surface area (Å²) in [4.78, 5) is 57.1. The maximum absolute atomic E-state index is 13.5. The van der Waals surface area contributed by atoms with Gasteiger partial charge in [0.1, 0.15) is 17.4 Å². The minimum Gasteiger partial charge on any atom is -0.507 e. The van der Waals surface area contributed by atoms with Crippen molar-refractivity contribution in [2.45, 2.75) is 38.5 Å². The average molecular weight is 467 g/mol. The lowest BCUT2D eigenvalue weighted by atomic mass is 9.89. The number of hydroxylamine groups is 2. The fourth-order valence-electron chi connectivity index (χ4n) is 4.70. The molecular formula is C24H25N3O7. The molecule has 10 heteroatoms. The first-order valence-corrected chi connectivity index (χ1v) is 10.8. The van der Waals surface area contributed by atoms with Crippen LogP contribution in [0.15, 0.2) is 48.5 Å². The number of primary amides is 1. The number of carboxylic acids is 1. The zero-order chi connectivity index (χ0) is 24.7. The molecule has 4 N–H and O–H groups in total. The standard InChI is InChI=1S/C24H25N3O7/c1-12(2)19(21(25)29)27-16(10-13-6-4-3-5-7-13)18-20(34-27)23(31)26(22(18)30)14-8-9-15(24(32)33)17(28)11-14/h3-9,11-12,16,18-20,28H,10H2,1-2H3,(H2,25,29)(H,32,33). The Labute approximate surface area is 195 Å². The lowest BCUT2D eigenvalue weighted by Crippen LogP contribution is -2.52. The van der Waals surface area contributed by atoms with Crippen LogP contribution in [0.1, 0.15) is 29.8 Å². The molecule has 4 rings (SSSR count). The zero-order valence-electron chi connectivity index (χ0n) is 18.6. The van der Waals surface area contributed by atoms with Gasteiger partial charge in [0.25, 0.3) is 5.91 Å². The van der Waals surface area contributed by atoms with Gasteiger partial charge in [-0.25, -0.2) is 9.69 Å².